The van der Waals surface area contributed by atoms with E-state index in [1.54, 1.807) is 0 Å². The number of halogens is 1. The number of nitro groups is 1. The molecular weight excluding hydrogens is 388 g/mol. The summed E-state index contributed by atoms with van der Waals surface area (Å²) in [5.41, 5.74) is -1.03. The number of aromatic amines is 1. The number of nitrogens with zero attached hydrogens (tertiary/aromatic N) is 3. The van der Waals surface area contributed by atoms with Crippen molar-refractivity contribution in [2.45, 2.75) is 0 Å². The summed E-state index contributed by atoms with van der Waals surface area (Å²) < 4.78 is 5.57. The lowest BCUT2D eigenvalue weighted by molar-refractivity contribution is -0.385. The molecule has 0 bridgehead atoms. The largest absolute Gasteiger partial charge is 0.504 e. The van der Waals surface area contributed by atoms with E-state index in [1.165, 1.54) is 12.3 Å². The smallest absolute Gasteiger partial charge is 0.315 e. The molecule has 0 aliphatic rings. The van der Waals surface area contributed by atoms with E-state index in [-0.39, 0.29) is 22.8 Å². The van der Waals surface area contributed by atoms with Crippen LogP contribution in [0.5, 0.6) is 11.5 Å². The van der Waals surface area contributed by atoms with Gasteiger partial charge < -0.3 is 19.7 Å². The van der Waals surface area contributed by atoms with Gasteiger partial charge in [-0.05, 0) is 28.1 Å². The molecule has 0 aliphatic heterocycles. The lowest BCUT2D eigenvalue weighted by Crippen LogP contribution is -2.08. The molecule has 0 amide bonds. The van der Waals surface area contributed by atoms with Crippen molar-refractivity contribution in [3.05, 3.63) is 49.3 Å². The van der Waals surface area contributed by atoms with Crippen molar-refractivity contribution in [1.82, 2.24) is 15.1 Å². The average Bonchev–Trinajstić information content (AvgIpc) is 3.01. The van der Waals surface area contributed by atoms with Crippen LogP contribution in [0.3, 0.4) is 0 Å². The quantitative estimate of drug-likeness (QED) is 0.346. The number of phenolic OH excluding ortho intramolecular Hbond substituents is 2. The molecule has 0 radical (unpaired) electrons. The van der Waals surface area contributed by atoms with Crippen molar-refractivity contribution in [3.8, 4) is 34.3 Å². The first-order valence-corrected chi connectivity index (χ1v) is 7.09. The van der Waals surface area contributed by atoms with E-state index in [2.05, 4.69) is 31.1 Å². The first-order valence-electron chi connectivity index (χ1n) is 6.30. The number of H-pyrrole nitrogens is 1. The SMILES string of the molecule is O=c1[nH]cc(Br)cc1-c1noc(-c2cc(O)c(O)c([N+](=O)[O-])c2)n1. The number of nitro benzene ring substituents is 1. The van der Waals surface area contributed by atoms with Gasteiger partial charge in [0, 0.05) is 16.7 Å². The molecule has 2 heterocycles. The topological polar surface area (TPSA) is 155 Å². The Balaban J connectivity index is 2.10. The zero-order valence-electron chi connectivity index (χ0n) is 11.6. The Morgan fingerprint density at radius 1 is 1.29 bits per heavy atom. The fourth-order valence-corrected chi connectivity index (χ4v) is 2.28. The second-order valence-corrected chi connectivity index (χ2v) is 5.52. The molecule has 122 valence electrons. The summed E-state index contributed by atoms with van der Waals surface area (Å²) in [6.45, 7) is 0. The monoisotopic (exact) mass is 394 g/mol. The standard InChI is InChI=1S/C13H7BrN4O6/c14-6-3-7(12(21)15-4-6)11-16-13(24-17-11)5-1-8(18(22)23)10(20)9(19)2-5/h1-4,19-20H,(H,15,21). The van der Waals surface area contributed by atoms with Crippen LogP contribution in [0.15, 0.2) is 38.2 Å². The van der Waals surface area contributed by atoms with E-state index < -0.39 is 27.7 Å². The normalized spacial score (nSPS) is 10.7. The molecule has 0 saturated carbocycles. The van der Waals surface area contributed by atoms with Crippen LogP contribution in [-0.4, -0.2) is 30.3 Å². The highest BCUT2D eigenvalue weighted by Crippen LogP contribution is 2.39. The van der Waals surface area contributed by atoms with E-state index in [4.69, 9.17) is 4.52 Å². The highest BCUT2D eigenvalue weighted by molar-refractivity contribution is 9.10. The van der Waals surface area contributed by atoms with Gasteiger partial charge in [0.05, 0.1) is 16.1 Å². The van der Waals surface area contributed by atoms with Crippen molar-refractivity contribution < 1.29 is 19.7 Å². The molecule has 0 unspecified atom stereocenters. The van der Waals surface area contributed by atoms with E-state index >= 15 is 0 Å². The zero-order valence-corrected chi connectivity index (χ0v) is 13.1. The minimum atomic E-state index is -0.869. The summed E-state index contributed by atoms with van der Waals surface area (Å²) in [5.74, 6) is -1.78. The van der Waals surface area contributed by atoms with E-state index in [0.29, 0.717) is 4.47 Å². The highest BCUT2D eigenvalue weighted by Gasteiger charge is 2.22. The summed E-state index contributed by atoms with van der Waals surface area (Å²) in [5, 5.41) is 33.6. The van der Waals surface area contributed by atoms with E-state index in [0.717, 1.165) is 12.1 Å². The number of pyridine rings is 1. The number of aromatic hydroxyl groups is 2. The van der Waals surface area contributed by atoms with Crippen LogP contribution >= 0.6 is 15.9 Å². The number of phenols is 2. The van der Waals surface area contributed by atoms with Crippen LogP contribution in [0, 0.1) is 10.1 Å². The molecule has 24 heavy (non-hydrogen) atoms. The Hall–Kier alpha value is -3.21. The lowest BCUT2D eigenvalue weighted by Gasteiger charge is -2.01. The predicted molar refractivity (Wildman–Crippen MR) is 83.5 cm³/mol. The Labute approximate surface area is 140 Å². The van der Waals surface area contributed by atoms with Crippen LogP contribution in [0.2, 0.25) is 0 Å². The van der Waals surface area contributed by atoms with Gasteiger partial charge in [0.2, 0.25) is 11.6 Å². The van der Waals surface area contributed by atoms with Crippen molar-refractivity contribution >= 4 is 21.6 Å². The molecule has 0 fully saturated rings. The zero-order chi connectivity index (χ0) is 17.4. The molecule has 0 aliphatic carbocycles. The molecule has 11 heteroatoms. The van der Waals surface area contributed by atoms with Crippen molar-refractivity contribution in [2.24, 2.45) is 0 Å². The van der Waals surface area contributed by atoms with Gasteiger partial charge >= 0.3 is 5.69 Å². The van der Waals surface area contributed by atoms with Gasteiger partial charge in [0.25, 0.3) is 11.4 Å². The van der Waals surface area contributed by atoms with Gasteiger partial charge in [-0.25, -0.2) is 0 Å². The van der Waals surface area contributed by atoms with Crippen molar-refractivity contribution in [2.75, 3.05) is 0 Å². The Morgan fingerprint density at radius 3 is 2.75 bits per heavy atom. The average molecular weight is 395 g/mol. The number of hydrogen-bond acceptors (Lipinski definition) is 8. The third kappa shape index (κ3) is 2.72. The summed E-state index contributed by atoms with van der Waals surface area (Å²) in [7, 11) is 0. The molecule has 0 saturated heterocycles. The van der Waals surface area contributed by atoms with Gasteiger partial charge in [0.15, 0.2) is 5.75 Å². The van der Waals surface area contributed by atoms with Crippen LogP contribution in [0.1, 0.15) is 0 Å². The molecule has 2 aromatic heterocycles. The number of benzene rings is 1. The molecule has 0 spiro atoms. The minimum Gasteiger partial charge on any atom is -0.504 e. The summed E-state index contributed by atoms with van der Waals surface area (Å²) in [4.78, 5) is 28.3. The van der Waals surface area contributed by atoms with Crippen molar-refractivity contribution in [3.63, 3.8) is 0 Å². The fraction of sp³-hybridized carbons (Fsp3) is 0. The van der Waals surface area contributed by atoms with Crippen LogP contribution in [0.4, 0.5) is 5.69 Å². The molecule has 3 aromatic rings. The summed E-state index contributed by atoms with van der Waals surface area (Å²) >= 11 is 3.20. The third-order valence-corrected chi connectivity index (χ3v) is 3.51. The lowest BCUT2D eigenvalue weighted by atomic mass is 10.1. The second-order valence-electron chi connectivity index (χ2n) is 4.60. The first kappa shape index (κ1) is 15.7. The third-order valence-electron chi connectivity index (χ3n) is 3.05. The van der Waals surface area contributed by atoms with Crippen LogP contribution < -0.4 is 5.56 Å². The molecule has 10 nitrogen and oxygen atoms in total. The Kier molecular flexibility index (Phi) is 3.77. The number of rotatable bonds is 3. The van der Waals surface area contributed by atoms with Gasteiger partial charge in [-0.2, -0.15) is 4.98 Å². The predicted octanol–water partition coefficient (Wildman–Crippen LogP) is 2.17. The Morgan fingerprint density at radius 2 is 2.04 bits per heavy atom. The Bertz CT molecular complexity index is 1010. The first-order chi connectivity index (χ1) is 11.4. The summed E-state index contributed by atoms with van der Waals surface area (Å²) in [6, 6.07) is 3.48. The van der Waals surface area contributed by atoms with Gasteiger partial charge in [-0.1, -0.05) is 5.16 Å². The maximum absolute atomic E-state index is 11.8. The molecule has 3 rings (SSSR count). The number of aromatic nitrogens is 3. The maximum atomic E-state index is 11.8. The summed E-state index contributed by atoms with van der Waals surface area (Å²) in [6.07, 6.45) is 1.44. The van der Waals surface area contributed by atoms with Crippen LogP contribution in [-0.2, 0) is 0 Å². The molecule has 3 N–H and O–H groups in total. The van der Waals surface area contributed by atoms with E-state index in [1.807, 2.05) is 0 Å². The second kappa shape index (κ2) is 5.77. The number of nitrogens with one attached hydrogen (secondary N) is 1. The van der Waals surface area contributed by atoms with Crippen molar-refractivity contribution in [1.29, 1.82) is 0 Å². The molecule has 0 atom stereocenters. The van der Waals surface area contributed by atoms with Gasteiger partial charge in [0.1, 0.15) is 0 Å². The van der Waals surface area contributed by atoms with E-state index in [9.17, 15) is 25.1 Å². The maximum Gasteiger partial charge on any atom is 0.315 e. The molecular formula is C13H7BrN4O6. The van der Waals surface area contributed by atoms with Crippen LogP contribution in [0.25, 0.3) is 22.8 Å². The number of hydrogen-bond donors (Lipinski definition) is 3. The molecule has 1 aromatic carbocycles. The fourth-order valence-electron chi connectivity index (χ4n) is 1.94. The van der Waals surface area contributed by atoms with Gasteiger partial charge in [-0.3, -0.25) is 14.9 Å². The highest BCUT2D eigenvalue weighted by atomic mass is 79.9. The minimum absolute atomic E-state index is 0.0159. The van der Waals surface area contributed by atoms with Gasteiger partial charge in [-0.15, -0.1) is 0 Å².